The van der Waals surface area contributed by atoms with E-state index in [1.54, 1.807) is 6.07 Å². The molecule has 78 valence electrons. The van der Waals surface area contributed by atoms with E-state index in [-0.39, 0.29) is 5.82 Å². The van der Waals surface area contributed by atoms with E-state index < -0.39 is 0 Å². The molecule has 1 aromatic heterocycles. The summed E-state index contributed by atoms with van der Waals surface area (Å²) in [4.78, 5) is 3.90. The molecule has 0 aliphatic carbocycles. The average Bonchev–Trinajstić information content (AvgIpc) is 2.17. The molecule has 0 aliphatic heterocycles. The number of nitrogens with zero attached hydrogens (tertiary/aromatic N) is 1. The third-order valence-electron chi connectivity index (χ3n) is 1.91. The van der Waals surface area contributed by atoms with Crippen LogP contribution < -0.4 is 10.6 Å². The van der Waals surface area contributed by atoms with Crippen LogP contribution in [0.25, 0.3) is 0 Å². The van der Waals surface area contributed by atoms with Crippen molar-refractivity contribution < 1.29 is 4.39 Å². The lowest BCUT2D eigenvalue weighted by molar-refractivity contribution is 0.568. The molecule has 1 rings (SSSR count). The molecule has 1 atom stereocenters. The lowest BCUT2D eigenvalue weighted by atomic mass is 10.2. The van der Waals surface area contributed by atoms with Gasteiger partial charge in [-0.25, -0.2) is 9.37 Å². The van der Waals surface area contributed by atoms with Crippen molar-refractivity contribution in [3.8, 4) is 0 Å². The highest BCUT2D eigenvalue weighted by molar-refractivity contribution is 5.33. The normalized spacial score (nSPS) is 12.5. The molecule has 0 aliphatic rings. The van der Waals surface area contributed by atoms with Gasteiger partial charge in [-0.1, -0.05) is 6.92 Å². The molecule has 0 aromatic carbocycles. The minimum Gasteiger partial charge on any atom is -0.370 e. The van der Waals surface area contributed by atoms with E-state index in [0.29, 0.717) is 11.7 Å². The van der Waals surface area contributed by atoms with Gasteiger partial charge in [-0.2, -0.15) is 0 Å². The zero-order chi connectivity index (χ0) is 10.4. The molecule has 4 heteroatoms. The van der Waals surface area contributed by atoms with Crippen molar-refractivity contribution in [2.24, 2.45) is 5.92 Å². The van der Waals surface area contributed by atoms with E-state index >= 15 is 0 Å². The van der Waals surface area contributed by atoms with E-state index in [2.05, 4.69) is 22.5 Å². The van der Waals surface area contributed by atoms with Crippen LogP contribution in [0.1, 0.15) is 6.92 Å². The van der Waals surface area contributed by atoms with Gasteiger partial charge in [0.15, 0.2) is 0 Å². The van der Waals surface area contributed by atoms with Gasteiger partial charge >= 0.3 is 0 Å². The highest BCUT2D eigenvalue weighted by Gasteiger charge is 2.00. The van der Waals surface area contributed by atoms with Gasteiger partial charge in [-0.3, -0.25) is 0 Å². The summed E-state index contributed by atoms with van der Waals surface area (Å²) in [5.74, 6) is 0.931. The number of aromatic nitrogens is 1. The Labute approximate surface area is 83.7 Å². The average molecular weight is 197 g/mol. The van der Waals surface area contributed by atoms with Gasteiger partial charge in [0.05, 0.1) is 6.20 Å². The first-order valence-electron chi connectivity index (χ1n) is 4.72. The number of halogens is 1. The first-order valence-corrected chi connectivity index (χ1v) is 4.72. The van der Waals surface area contributed by atoms with Crippen molar-refractivity contribution in [2.45, 2.75) is 6.92 Å². The van der Waals surface area contributed by atoms with Crippen LogP contribution >= 0.6 is 0 Å². The molecule has 1 aromatic rings. The fourth-order valence-corrected chi connectivity index (χ4v) is 1.18. The van der Waals surface area contributed by atoms with Crippen LogP contribution in [0.15, 0.2) is 18.3 Å². The SMILES string of the molecule is CNCC(C)CNc1ccc(F)cn1. The fourth-order valence-electron chi connectivity index (χ4n) is 1.18. The Morgan fingerprint density at radius 3 is 2.79 bits per heavy atom. The summed E-state index contributed by atoms with van der Waals surface area (Å²) in [7, 11) is 1.92. The zero-order valence-electron chi connectivity index (χ0n) is 8.55. The standard InChI is InChI=1S/C10H16FN3/c1-8(5-12-2)6-13-10-4-3-9(11)7-14-10/h3-4,7-8,12H,5-6H2,1-2H3,(H,13,14). The number of rotatable bonds is 5. The van der Waals surface area contributed by atoms with Crippen molar-refractivity contribution in [1.29, 1.82) is 0 Å². The Hall–Kier alpha value is -1.16. The zero-order valence-corrected chi connectivity index (χ0v) is 8.55. The van der Waals surface area contributed by atoms with Crippen LogP contribution in [0.2, 0.25) is 0 Å². The third kappa shape index (κ3) is 3.70. The van der Waals surface area contributed by atoms with E-state index in [1.165, 1.54) is 12.3 Å². The monoisotopic (exact) mass is 197 g/mol. The topological polar surface area (TPSA) is 37.0 Å². The Morgan fingerprint density at radius 2 is 2.21 bits per heavy atom. The first-order chi connectivity index (χ1) is 6.72. The predicted molar refractivity (Wildman–Crippen MR) is 55.8 cm³/mol. The van der Waals surface area contributed by atoms with Crippen molar-refractivity contribution in [3.05, 3.63) is 24.1 Å². The lowest BCUT2D eigenvalue weighted by Crippen LogP contribution is -2.23. The van der Waals surface area contributed by atoms with Gasteiger partial charge in [0, 0.05) is 6.54 Å². The van der Waals surface area contributed by atoms with Crippen LogP contribution in [0.5, 0.6) is 0 Å². The largest absolute Gasteiger partial charge is 0.370 e. The smallest absolute Gasteiger partial charge is 0.141 e. The quantitative estimate of drug-likeness (QED) is 0.751. The summed E-state index contributed by atoms with van der Waals surface area (Å²) in [6.07, 6.45) is 1.21. The second kappa shape index (κ2) is 5.54. The number of hydrogen-bond donors (Lipinski definition) is 2. The first kappa shape index (κ1) is 10.9. The van der Waals surface area contributed by atoms with Gasteiger partial charge in [-0.15, -0.1) is 0 Å². The van der Waals surface area contributed by atoms with E-state index in [4.69, 9.17) is 0 Å². The van der Waals surface area contributed by atoms with Gasteiger partial charge in [0.1, 0.15) is 11.6 Å². The highest BCUT2D eigenvalue weighted by Crippen LogP contribution is 2.04. The summed E-state index contributed by atoms with van der Waals surface area (Å²) < 4.78 is 12.5. The summed E-state index contributed by atoms with van der Waals surface area (Å²) >= 11 is 0. The molecule has 2 N–H and O–H groups in total. The fraction of sp³-hybridized carbons (Fsp3) is 0.500. The maximum Gasteiger partial charge on any atom is 0.141 e. The van der Waals surface area contributed by atoms with Crippen LogP contribution in [0.3, 0.4) is 0 Å². The number of anilines is 1. The molecule has 14 heavy (non-hydrogen) atoms. The van der Waals surface area contributed by atoms with Crippen LogP contribution in [0.4, 0.5) is 10.2 Å². The highest BCUT2D eigenvalue weighted by atomic mass is 19.1. The van der Waals surface area contributed by atoms with Crippen molar-refractivity contribution in [1.82, 2.24) is 10.3 Å². The summed E-state index contributed by atoms with van der Waals surface area (Å²) in [5, 5.41) is 6.23. The molecular formula is C10H16FN3. The Kier molecular flexibility index (Phi) is 4.32. The van der Waals surface area contributed by atoms with Gasteiger partial charge in [-0.05, 0) is 31.6 Å². The number of pyridine rings is 1. The number of hydrogen-bond acceptors (Lipinski definition) is 3. The van der Waals surface area contributed by atoms with Gasteiger partial charge in [0.2, 0.25) is 0 Å². The Morgan fingerprint density at radius 1 is 1.43 bits per heavy atom. The van der Waals surface area contributed by atoms with Crippen LogP contribution in [-0.2, 0) is 0 Å². The van der Waals surface area contributed by atoms with Crippen molar-refractivity contribution in [2.75, 3.05) is 25.5 Å². The molecule has 0 fully saturated rings. The third-order valence-corrected chi connectivity index (χ3v) is 1.91. The Balaban J connectivity index is 2.34. The van der Waals surface area contributed by atoms with E-state index in [1.807, 2.05) is 7.05 Å². The van der Waals surface area contributed by atoms with Crippen LogP contribution in [-0.4, -0.2) is 25.1 Å². The molecule has 3 nitrogen and oxygen atoms in total. The minimum absolute atomic E-state index is 0.307. The van der Waals surface area contributed by atoms with Crippen LogP contribution in [0, 0.1) is 11.7 Å². The Bertz CT molecular complexity index is 261. The van der Waals surface area contributed by atoms with E-state index in [9.17, 15) is 4.39 Å². The summed E-state index contributed by atoms with van der Waals surface area (Å²) in [5.41, 5.74) is 0. The second-order valence-electron chi connectivity index (χ2n) is 3.41. The summed E-state index contributed by atoms with van der Waals surface area (Å²) in [6, 6.07) is 3.04. The molecule has 0 bridgehead atoms. The predicted octanol–water partition coefficient (Wildman–Crippen LogP) is 1.49. The van der Waals surface area contributed by atoms with Crippen molar-refractivity contribution in [3.63, 3.8) is 0 Å². The molecule has 1 unspecified atom stereocenters. The maximum absolute atomic E-state index is 12.5. The van der Waals surface area contributed by atoms with Crippen molar-refractivity contribution >= 4 is 5.82 Å². The second-order valence-corrected chi connectivity index (χ2v) is 3.41. The number of nitrogens with one attached hydrogen (secondary N) is 2. The molecule has 1 heterocycles. The molecule has 0 amide bonds. The molecular weight excluding hydrogens is 181 g/mol. The van der Waals surface area contributed by atoms with E-state index in [0.717, 1.165) is 13.1 Å². The lowest BCUT2D eigenvalue weighted by Gasteiger charge is -2.11. The molecule has 0 radical (unpaired) electrons. The van der Waals surface area contributed by atoms with Gasteiger partial charge < -0.3 is 10.6 Å². The molecule has 0 saturated carbocycles. The maximum atomic E-state index is 12.5. The minimum atomic E-state index is -0.307. The van der Waals surface area contributed by atoms with Gasteiger partial charge in [0.25, 0.3) is 0 Å². The molecule has 0 saturated heterocycles. The summed E-state index contributed by atoms with van der Waals surface area (Å²) in [6.45, 7) is 3.92. The molecule has 0 spiro atoms.